The van der Waals surface area contributed by atoms with Crippen LogP contribution in [0.5, 0.6) is 5.75 Å². The summed E-state index contributed by atoms with van der Waals surface area (Å²) in [6.07, 6.45) is 0. The van der Waals surface area contributed by atoms with Crippen molar-refractivity contribution in [2.45, 2.75) is 0 Å². The number of methoxy groups -OCH3 is 1. The lowest BCUT2D eigenvalue weighted by atomic mass is 10.1. The molecule has 0 amide bonds. The molecule has 0 aromatic heterocycles. The van der Waals surface area contributed by atoms with Gasteiger partial charge < -0.3 is 15.4 Å². The molecular weight excluding hydrogens is 292 g/mol. The van der Waals surface area contributed by atoms with E-state index in [1.165, 1.54) is 0 Å². The first-order chi connectivity index (χ1) is 9.54. The molecule has 0 spiro atoms. The number of nitrogens with two attached hydrogens (primary N) is 1. The van der Waals surface area contributed by atoms with Crippen LogP contribution in [0.15, 0.2) is 42.5 Å². The number of rotatable bonds is 4. The van der Waals surface area contributed by atoms with E-state index in [-0.39, 0.29) is 0 Å². The van der Waals surface area contributed by atoms with Gasteiger partial charge in [0.1, 0.15) is 10.7 Å². The number of nitrogens with zero attached hydrogens (tertiary/aromatic N) is 1. The zero-order valence-corrected chi connectivity index (χ0v) is 12.8. The van der Waals surface area contributed by atoms with E-state index in [0.717, 1.165) is 17.1 Å². The number of hydrogen-bond donors (Lipinski definition) is 1. The Kier molecular flexibility index (Phi) is 4.47. The molecular formula is C15H15ClN2OS. The molecule has 2 aromatic rings. The number of halogens is 1. The van der Waals surface area contributed by atoms with Crippen molar-refractivity contribution in [3.8, 4) is 5.75 Å². The van der Waals surface area contributed by atoms with Crippen molar-refractivity contribution in [1.29, 1.82) is 0 Å². The summed E-state index contributed by atoms with van der Waals surface area (Å²) in [6, 6.07) is 13.4. The average molecular weight is 307 g/mol. The van der Waals surface area contributed by atoms with Gasteiger partial charge in [0.25, 0.3) is 0 Å². The van der Waals surface area contributed by atoms with Crippen LogP contribution in [0, 0.1) is 0 Å². The first kappa shape index (κ1) is 14.6. The third-order valence-electron chi connectivity index (χ3n) is 3.05. The third-order valence-corrected chi connectivity index (χ3v) is 3.58. The van der Waals surface area contributed by atoms with E-state index >= 15 is 0 Å². The zero-order valence-electron chi connectivity index (χ0n) is 11.3. The molecule has 0 aliphatic rings. The molecule has 0 heterocycles. The predicted molar refractivity (Wildman–Crippen MR) is 88.4 cm³/mol. The van der Waals surface area contributed by atoms with Gasteiger partial charge in [0.2, 0.25) is 0 Å². The Morgan fingerprint density at radius 3 is 2.55 bits per heavy atom. The maximum Gasteiger partial charge on any atom is 0.142 e. The van der Waals surface area contributed by atoms with Crippen LogP contribution in [0.4, 0.5) is 11.4 Å². The third kappa shape index (κ3) is 2.86. The van der Waals surface area contributed by atoms with Gasteiger partial charge in [-0.25, -0.2) is 0 Å². The van der Waals surface area contributed by atoms with E-state index < -0.39 is 0 Å². The number of ether oxygens (including phenoxy) is 1. The van der Waals surface area contributed by atoms with Crippen molar-refractivity contribution in [3.05, 3.63) is 53.1 Å². The second-order valence-corrected chi connectivity index (χ2v) is 5.11. The second kappa shape index (κ2) is 6.11. The van der Waals surface area contributed by atoms with Crippen LogP contribution in [0.25, 0.3) is 0 Å². The maximum atomic E-state index is 6.20. The topological polar surface area (TPSA) is 38.5 Å². The quantitative estimate of drug-likeness (QED) is 0.873. The van der Waals surface area contributed by atoms with Crippen molar-refractivity contribution in [1.82, 2.24) is 0 Å². The molecule has 0 fully saturated rings. The summed E-state index contributed by atoms with van der Waals surface area (Å²) in [6.45, 7) is 0. The van der Waals surface area contributed by atoms with E-state index in [1.54, 1.807) is 7.11 Å². The standard InChI is InChI=1S/C15H15ClN2OS/c1-18(13-5-3-4-6-14(13)19-2)10-7-8-11(15(17)20)12(16)9-10/h3-9H,1-2H3,(H2,17,20). The highest BCUT2D eigenvalue weighted by Crippen LogP contribution is 2.33. The number of anilines is 2. The molecule has 0 saturated carbocycles. The van der Waals surface area contributed by atoms with Crippen LogP contribution < -0.4 is 15.4 Å². The molecule has 104 valence electrons. The summed E-state index contributed by atoms with van der Waals surface area (Å²) < 4.78 is 5.36. The molecule has 0 radical (unpaired) electrons. The van der Waals surface area contributed by atoms with Crippen LogP contribution in [0.1, 0.15) is 5.56 Å². The molecule has 20 heavy (non-hydrogen) atoms. The van der Waals surface area contributed by atoms with Crippen LogP contribution in [0.2, 0.25) is 5.02 Å². The Labute approximate surface area is 128 Å². The van der Waals surface area contributed by atoms with Gasteiger partial charge in [-0.1, -0.05) is 36.0 Å². The van der Waals surface area contributed by atoms with Crippen LogP contribution >= 0.6 is 23.8 Å². The van der Waals surface area contributed by atoms with Gasteiger partial charge in [-0.3, -0.25) is 0 Å². The molecule has 2 aromatic carbocycles. The van der Waals surface area contributed by atoms with E-state index in [4.69, 9.17) is 34.3 Å². The molecule has 5 heteroatoms. The zero-order chi connectivity index (χ0) is 14.7. The summed E-state index contributed by atoms with van der Waals surface area (Å²) in [5.74, 6) is 0.796. The van der Waals surface area contributed by atoms with Crippen molar-refractivity contribution >= 4 is 40.2 Å². The van der Waals surface area contributed by atoms with E-state index in [2.05, 4.69) is 0 Å². The number of benzene rings is 2. The lowest BCUT2D eigenvalue weighted by Crippen LogP contribution is -2.13. The highest BCUT2D eigenvalue weighted by molar-refractivity contribution is 7.80. The van der Waals surface area contributed by atoms with Crippen LogP contribution in [-0.4, -0.2) is 19.1 Å². The first-order valence-corrected chi connectivity index (χ1v) is 6.79. The minimum Gasteiger partial charge on any atom is -0.495 e. The van der Waals surface area contributed by atoms with Gasteiger partial charge in [-0.2, -0.15) is 0 Å². The molecule has 0 aliphatic carbocycles. The minimum absolute atomic E-state index is 0.293. The average Bonchev–Trinajstić information content (AvgIpc) is 2.45. The molecule has 0 aliphatic heterocycles. The molecule has 0 atom stereocenters. The molecule has 2 rings (SSSR count). The number of hydrogen-bond acceptors (Lipinski definition) is 3. The summed E-state index contributed by atoms with van der Waals surface area (Å²) in [5.41, 5.74) is 8.17. The maximum absolute atomic E-state index is 6.20. The Morgan fingerprint density at radius 1 is 1.25 bits per heavy atom. The highest BCUT2D eigenvalue weighted by Gasteiger charge is 2.11. The van der Waals surface area contributed by atoms with Crippen molar-refractivity contribution in [2.75, 3.05) is 19.1 Å². The van der Waals surface area contributed by atoms with Crippen molar-refractivity contribution in [2.24, 2.45) is 5.73 Å². The molecule has 3 nitrogen and oxygen atoms in total. The fourth-order valence-electron chi connectivity index (χ4n) is 1.96. The van der Waals surface area contributed by atoms with Gasteiger partial charge >= 0.3 is 0 Å². The Balaban J connectivity index is 2.41. The van der Waals surface area contributed by atoms with Gasteiger partial charge in [-0.15, -0.1) is 0 Å². The molecule has 0 saturated heterocycles. The predicted octanol–water partition coefficient (Wildman–Crippen LogP) is 3.75. The fraction of sp³-hybridized carbons (Fsp3) is 0.133. The summed E-state index contributed by atoms with van der Waals surface area (Å²) in [7, 11) is 3.60. The first-order valence-electron chi connectivity index (χ1n) is 6.00. The monoisotopic (exact) mass is 306 g/mol. The lowest BCUT2D eigenvalue weighted by molar-refractivity contribution is 0.415. The summed E-state index contributed by atoms with van der Waals surface area (Å²) in [5, 5.41) is 0.539. The van der Waals surface area contributed by atoms with Gasteiger partial charge in [-0.05, 0) is 30.3 Å². The molecule has 0 unspecified atom stereocenters. The van der Waals surface area contributed by atoms with E-state index in [0.29, 0.717) is 15.6 Å². The molecule has 2 N–H and O–H groups in total. The SMILES string of the molecule is COc1ccccc1N(C)c1ccc(C(N)=S)c(Cl)c1. The van der Waals surface area contributed by atoms with Crippen molar-refractivity contribution in [3.63, 3.8) is 0 Å². The Morgan fingerprint density at radius 2 is 1.95 bits per heavy atom. The van der Waals surface area contributed by atoms with E-state index in [9.17, 15) is 0 Å². The van der Waals surface area contributed by atoms with Gasteiger partial charge in [0, 0.05) is 18.3 Å². The highest BCUT2D eigenvalue weighted by atomic mass is 35.5. The van der Waals surface area contributed by atoms with Gasteiger partial charge in [0.05, 0.1) is 17.8 Å². The van der Waals surface area contributed by atoms with Crippen molar-refractivity contribution < 1.29 is 4.74 Å². The Hall–Kier alpha value is -1.78. The summed E-state index contributed by atoms with van der Waals surface area (Å²) in [4.78, 5) is 2.29. The number of para-hydroxylation sites is 2. The normalized spacial score (nSPS) is 10.2. The van der Waals surface area contributed by atoms with Crippen LogP contribution in [0.3, 0.4) is 0 Å². The van der Waals surface area contributed by atoms with E-state index in [1.807, 2.05) is 54.4 Å². The largest absolute Gasteiger partial charge is 0.495 e. The molecule has 0 bridgehead atoms. The lowest BCUT2D eigenvalue weighted by Gasteiger charge is -2.22. The second-order valence-electron chi connectivity index (χ2n) is 4.26. The number of thiocarbonyl (C=S) groups is 1. The van der Waals surface area contributed by atoms with Gasteiger partial charge in [0.15, 0.2) is 0 Å². The summed E-state index contributed by atoms with van der Waals surface area (Å²) >= 11 is 11.2. The fourth-order valence-corrected chi connectivity index (χ4v) is 2.47. The smallest absolute Gasteiger partial charge is 0.142 e. The Bertz CT molecular complexity index is 646. The minimum atomic E-state index is 0.293. The van der Waals surface area contributed by atoms with Crippen LogP contribution in [-0.2, 0) is 0 Å².